The Labute approximate surface area is 91.6 Å². The first-order valence-corrected chi connectivity index (χ1v) is 5.39. The zero-order valence-corrected chi connectivity index (χ0v) is 10.1. The second kappa shape index (κ2) is 5.88. The van der Waals surface area contributed by atoms with Crippen LogP contribution in [0.15, 0.2) is 6.07 Å². The second-order valence-electron chi connectivity index (χ2n) is 3.75. The lowest BCUT2D eigenvalue weighted by atomic mass is 10.1. The van der Waals surface area contributed by atoms with E-state index in [4.69, 9.17) is 4.74 Å². The molecule has 0 bridgehead atoms. The fourth-order valence-electron chi connectivity index (χ4n) is 1.63. The highest BCUT2D eigenvalue weighted by Gasteiger charge is 2.10. The summed E-state index contributed by atoms with van der Waals surface area (Å²) in [5.41, 5.74) is 2.41. The van der Waals surface area contributed by atoms with E-state index in [1.54, 1.807) is 7.11 Å². The normalized spacial score (nSPS) is 13.1. The van der Waals surface area contributed by atoms with E-state index in [1.807, 2.05) is 18.8 Å². The molecule has 0 aliphatic carbocycles. The molecule has 1 atom stereocenters. The van der Waals surface area contributed by atoms with Gasteiger partial charge in [0.15, 0.2) is 0 Å². The molecule has 1 aromatic heterocycles. The van der Waals surface area contributed by atoms with Crippen molar-refractivity contribution in [3.63, 3.8) is 0 Å². The molecule has 1 N–H and O–H groups in total. The molecule has 1 heterocycles. The zero-order chi connectivity index (χ0) is 11.3. The molecule has 4 nitrogen and oxygen atoms in total. The fraction of sp³-hybridized carbons (Fsp3) is 0.727. The van der Waals surface area contributed by atoms with Crippen molar-refractivity contribution in [1.29, 1.82) is 0 Å². The summed E-state index contributed by atoms with van der Waals surface area (Å²) in [7, 11) is 5.68. The summed E-state index contributed by atoms with van der Waals surface area (Å²) in [6.45, 7) is 2.85. The standard InChI is InChI=1S/C11H21N3O/c1-5-9-6-11(14(3)13-9)7-10(12-2)8-15-4/h6,10,12H,5,7-8H2,1-4H3. The Hall–Kier alpha value is -0.870. The Morgan fingerprint density at radius 3 is 2.80 bits per heavy atom. The van der Waals surface area contributed by atoms with Crippen LogP contribution in [0.5, 0.6) is 0 Å². The molecule has 0 fully saturated rings. The predicted molar refractivity (Wildman–Crippen MR) is 61.0 cm³/mol. The lowest BCUT2D eigenvalue weighted by Crippen LogP contribution is -2.32. The molecule has 0 saturated carbocycles. The number of aryl methyl sites for hydroxylation is 2. The van der Waals surface area contributed by atoms with Crippen LogP contribution in [-0.4, -0.2) is 36.6 Å². The van der Waals surface area contributed by atoms with Crippen LogP contribution in [0.4, 0.5) is 0 Å². The van der Waals surface area contributed by atoms with E-state index >= 15 is 0 Å². The average Bonchev–Trinajstić information content (AvgIpc) is 2.59. The fourth-order valence-corrected chi connectivity index (χ4v) is 1.63. The highest BCUT2D eigenvalue weighted by Crippen LogP contribution is 2.06. The Bertz CT molecular complexity index is 296. The average molecular weight is 211 g/mol. The van der Waals surface area contributed by atoms with Crippen molar-refractivity contribution >= 4 is 0 Å². The third kappa shape index (κ3) is 3.32. The Balaban J connectivity index is 2.65. The van der Waals surface area contributed by atoms with E-state index in [2.05, 4.69) is 23.4 Å². The maximum atomic E-state index is 5.15. The highest BCUT2D eigenvalue weighted by molar-refractivity contribution is 5.11. The largest absolute Gasteiger partial charge is 0.383 e. The molecule has 0 saturated heterocycles. The van der Waals surface area contributed by atoms with Gasteiger partial charge in [0.05, 0.1) is 12.3 Å². The number of hydrogen-bond acceptors (Lipinski definition) is 3. The number of aromatic nitrogens is 2. The molecule has 15 heavy (non-hydrogen) atoms. The van der Waals surface area contributed by atoms with Crippen molar-refractivity contribution < 1.29 is 4.74 Å². The lowest BCUT2D eigenvalue weighted by molar-refractivity contribution is 0.168. The molecule has 0 aromatic carbocycles. The van der Waals surface area contributed by atoms with E-state index in [0.29, 0.717) is 6.04 Å². The molecule has 1 unspecified atom stereocenters. The van der Waals surface area contributed by atoms with Crippen LogP contribution >= 0.6 is 0 Å². The molecule has 0 aliphatic rings. The molecule has 0 amide bonds. The van der Waals surface area contributed by atoms with Crippen LogP contribution in [0, 0.1) is 0 Å². The second-order valence-corrected chi connectivity index (χ2v) is 3.75. The molecule has 0 radical (unpaired) electrons. The summed E-state index contributed by atoms with van der Waals surface area (Å²) in [5.74, 6) is 0. The van der Waals surface area contributed by atoms with Crippen molar-refractivity contribution in [3.05, 3.63) is 17.5 Å². The van der Waals surface area contributed by atoms with Gasteiger partial charge in [0.1, 0.15) is 0 Å². The van der Waals surface area contributed by atoms with Gasteiger partial charge >= 0.3 is 0 Å². The molecular weight excluding hydrogens is 190 g/mol. The first-order chi connectivity index (χ1) is 7.21. The molecule has 4 heteroatoms. The first-order valence-electron chi connectivity index (χ1n) is 5.39. The Kier molecular flexibility index (Phi) is 4.78. The van der Waals surface area contributed by atoms with Gasteiger partial charge in [0.25, 0.3) is 0 Å². The number of rotatable bonds is 6. The third-order valence-corrected chi connectivity index (χ3v) is 2.62. The minimum atomic E-state index is 0.357. The minimum absolute atomic E-state index is 0.357. The van der Waals surface area contributed by atoms with Gasteiger partial charge in [-0.05, 0) is 19.5 Å². The molecule has 86 valence electrons. The van der Waals surface area contributed by atoms with Gasteiger partial charge in [-0.3, -0.25) is 4.68 Å². The lowest BCUT2D eigenvalue weighted by Gasteiger charge is -2.14. The van der Waals surface area contributed by atoms with Crippen LogP contribution in [-0.2, 0) is 24.6 Å². The van der Waals surface area contributed by atoms with E-state index in [-0.39, 0.29) is 0 Å². The Morgan fingerprint density at radius 2 is 2.33 bits per heavy atom. The SMILES string of the molecule is CCc1cc(CC(COC)NC)n(C)n1. The number of hydrogen-bond donors (Lipinski definition) is 1. The van der Waals surface area contributed by atoms with Gasteiger partial charge in [0.2, 0.25) is 0 Å². The van der Waals surface area contributed by atoms with E-state index < -0.39 is 0 Å². The van der Waals surface area contributed by atoms with E-state index in [1.165, 1.54) is 5.69 Å². The number of likely N-dealkylation sites (N-methyl/N-ethyl adjacent to an activating group) is 1. The summed E-state index contributed by atoms with van der Waals surface area (Å²) in [6.07, 6.45) is 1.94. The van der Waals surface area contributed by atoms with Gasteiger partial charge in [0, 0.05) is 32.3 Å². The third-order valence-electron chi connectivity index (χ3n) is 2.62. The maximum Gasteiger partial charge on any atom is 0.0624 e. The van der Waals surface area contributed by atoms with Crippen LogP contribution < -0.4 is 5.32 Å². The molecule has 1 aromatic rings. The predicted octanol–water partition coefficient (Wildman–Crippen LogP) is 0.759. The quantitative estimate of drug-likeness (QED) is 0.755. The number of ether oxygens (including phenoxy) is 1. The van der Waals surface area contributed by atoms with Crippen molar-refractivity contribution in [2.45, 2.75) is 25.8 Å². The van der Waals surface area contributed by atoms with E-state index in [9.17, 15) is 0 Å². The van der Waals surface area contributed by atoms with Crippen molar-refractivity contribution in [2.24, 2.45) is 7.05 Å². The topological polar surface area (TPSA) is 39.1 Å². The number of nitrogens with zero attached hydrogens (tertiary/aromatic N) is 2. The van der Waals surface area contributed by atoms with Crippen LogP contribution in [0.25, 0.3) is 0 Å². The minimum Gasteiger partial charge on any atom is -0.383 e. The van der Waals surface area contributed by atoms with Crippen molar-refractivity contribution in [1.82, 2.24) is 15.1 Å². The number of nitrogens with one attached hydrogen (secondary N) is 1. The molecule has 1 rings (SSSR count). The number of methoxy groups -OCH3 is 1. The summed E-state index contributed by atoms with van der Waals surface area (Å²) in [4.78, 5) is 0. The summed E-state index contributed by atoms with van der Waals surface area (Å²) >= 11 is 0. The van der Waals surface area contributed by atoms with Crippen LogP contribution in [0.2, 0.25) is 0 Å². The molecule has 0 aliphatic heterocycles. The van der Waals surface area contributed by atoms with Crippen LogP contribution in [0.3, 0.4) is 0 Å². The van der Waals surface area contributed by atoms with Gasteiger partial charge < -0.3 is 10.1 Å². The van der Waals surface area contributed by atoms with Gasteiger partial charge in [-0.1, -0.05) is 6.92 Å². The van der Waals surface area contributed by atoms with Crippen LogP contribution in [0.1, 0.15) is 18.3 Å². The smallest absolute Gasteiger partial charge is 0.0624 e. The monoisotopic (exact) mass is 211 g/mol. The van der Waals surface area contributed by atoms with Crippen molar-refractivity contribution in [3.8, 4) is 0 Å². The summed E-state index contributed by atoms with van der Waals surface area (Å²) in [6, 6.07) is 2.52. The molecule has 0 spiro atoms. The summed E-state index contributed by atoms with van der Waals surface area (Å²) < 4.78 is 7.11. The first kappa shape index (κ1) is 12.2. The van der Waals surface area contributed by atoms with Gasteiger partial charge in [-0.25, -0.2) is 0 Å². The molecular formula is C11H21N3O. The van der Waals surface area contributed by atoms with Gasteiger partial charge in [-0.15, -0.1) is 0 Å². The summed E-state index contributed by atoms with van der Waals surface area (Å²) in [5, 5.41) is 7.66. The van der Waals surface area contributed by atoms with Crippen molar-refractivity contribution in [2.75, 3.05) is 20.8 Å². The Morgan fingerprint density at radius 1 is 1.60 bits per heavy atom. The zero-order valence-electron chi connectivity index (χ0n) is 10.1. The van der Waals surface area contributed by atoms with E-state index in [0.717, 1.165) is 25.1 Å². The van der Waals surface area contributed by atoms with Gasteiger partial charge in [-0.2, -0.15) is 5.10 Å². The highest BCUT2D eigenvalue weighted by atomic mass is 16.5. The maximum absolute atomic E-state index is 5.15.